The lowest BCUT2D eigenvalue weighted by Gasteiger charge is -2.11. The highest BCUT2D eigenvalue weighted by Gasteiger charge is 2.17. The van der Waals surface area contributed by atoms with E-state index in [1.807, 2.05) is 12.1 Å². The van der Waals surface area contributed by atoms with Crippen LogP contribution in [0.5, 0.6) is 0 Å². The molecule has 2 aromatic heterocycles. The van der Waals surface area contributed by atoms with E-state index in [9.17, 15) is 0 Å². The Bertz CT molecular complexity index is 1080. The number of aromatic nitrogens is 3. The van der Waals surface area contributed by atoms with Crippen LogP contribution < -0.4 is 5.73 Å². The van der Waals surface area contributed by atoms with E-state index in [0.29, 0.717) is 5.82 Å². The fourth-order valence-corrected chi connectivity index (χ4v) is 3.59. The number of rotatable bonds is 5. The van der Waals surface area contributed by atoms with Crippen molar-refractivity contribution in [1.82, 2.24) is 14.5 Å². The molecule has 0 aliphatic rings. The molecule has 0 aliphatic heterocycles. The van der Waals surface area contributed by atoms with Gasteiger partial charge in [-0.15, -0.1) is 0 Å². The molecular weight excluding hydrogens is 320 g/mol. The van der Waals surface area contributed by atoms with Crippen molar-refractivity contribution in [2.24, 2.45) is 0 Å². The Balaban J connectivity index is 1.97. The van der Waals surface area contributed by atoms with Crippen LogP contribution in [0, 0.1) is 6.92 Å². The smallest absolute Gasteiger partial charge is 0.152 e. The van der Waals surface area contributed by atoms with Crippen LogP contribution in [0.2, 0.25) is 0 Å². The lowest BCUT2D eigenvalue weighted by Crippen LogP contribution is -2.06. The first-order chi connectivity index (χ1) is 12.7. The first-order valence-electron chi connectivity index (χ1n) is 9.26. The number of para-hydroxylation sites is 1. The Labute approximate surface area is 153 Å². The average molecular weight is 344 g/mol. The van der Waals surface area contributed by atoms with Crippen molar-refractivity contribution in [2.75, 3.05) is 5.73 Å². The number of imidazole rings is 1. The molecule has 2 aromatic carbocycles. The van der Waals surface area contributed by atoms with Gasteiger partial charge < -0.3 is 10.3 Å². The molecule has 4 heteroatoms. The lowest BCUT2D eigenvalue weighted by molar-refractivity contribution is 0.690. The molecule has 132 valence electrons. The molecule has 0 spiro atoms. The minimum absolute atomic E-state index is 0.513. The zero-order valence-corrected chi connectivity index (χ0v) is 15.4. The number of nitrogens with zero attached hydrogens (tertiary/aromatic N) is 3. The number of fused-ring (bicyclic) bond motifs is 3. The molecule has 26 heavy (non-hydrogen) atoms. The second-order valence-electron chi connectivity index (χ2n) is 6.92. The zero-order chi connectivity index (χ0) is 18.1. The molecule has 4 aromatic rings. The van der Waals surface area contributed by atoms with Gasteiger partial charge in [0.1, 0.15) is 11.3 Å². The summed E-state index contributed by atoms with van der Waals surface area (Å²) in [6.07, 6.45) is 3.20. The molecular formula is C22H24N4. The maximum absolute atomic E-state index is 6.26. The maximum atomic E-state index is 6.26. The van der Waals surface area contributed by atoms with Crippen LogP contribution in [0.15, 0.2) is 48.5 Å². The summed E-state index contributed by atoms with van der Waals surface area (Å²) < 4.78 is 2.33. The number of pyridine rings is 1. The molecule has 4 nitrogen and oxygen atoms in total. The van der Waals surface area contributed by atoms with Crippen molar-refractivity contribution in [3.63, 3.8) is 0 Å². The van der Waals surface area contributed by atoms with Crippen molar-refractivity contribution in [3.8, 4) is 0 Å². The third-order valence-electron chi connectivity index (χ3n) is 4.87. The first kappa shape index (κ1) is 16.6. The van der Waals surface area contributed by atoms with E-state index < -0.39 is 0 Å². The number of nitrogen functional groups attached to an aromatic ring is 1. The number of unbranched alkanes of at least 4 members (excludes halogenated alkanes) is 1. The average Bonchev–Trinajstić information content (AvgIpc) is 2.99. The van der Waals surface area contributed by atoms with E-state index in [-0.39, 0.29) is 0 Å². The molecule has 0 bridgehead atoms. The topological polar surface area (TPSA) is 56.7 Å². The fourth-order valence-electron chi connectivity index (χ4n) is 3.59. The first-order valence-corrected chi connectivity index (χ1v) is 9.26. The molecule has 0 radical (unpaired) electrons. The van der Waals surface area contributed by atoms with Gasteiger partial charge in [-0.25, -0.2) is 9.97 Å². The van der Waals surface area contributed by atoms with Crippen molar-refractivity contribution < 1.29 is 0 Å². The number of anilines is 1. The molecule has 0 saturated heterocycles. The van der Waals surface area contributed by atoms with Crippen LogP contribution >= 0.6 is 0 Å². The molecule has 0 fully saturated rings. The van der Waals surface area contributed by atoms with Crippen LogP contribution in [-0.4, -0.2) is 14.5 Å². The normalized spacial score (nSPS) is 11.5. The lowest BCUT2D eigenvalue weighted by atomic mass is 10.1. The Kier molecular flexibility index (Phi) is 4.33. The van der Waals surface area contributed by atoms with Crippen LogP contribution in [0.3, 0.4) is 0 Å². The van der Waals surface area contributed by atoms with Gasteiger partial charge in [0.25, 0.3) is 0 Å². The second kappa shape index (κ2) is 6.79. The third-order valence-corrected chi connectivity index (χ3v) is 4.87. The van der Waals surface area contributed by atoms with Gasteiger partial charge in [-0.05, 0) is 25.0 Å². The Morgan fingerprint density at radius 3 is 2.69 bits per heavy atom. The fraction of sp³-hybridized carbons (Fsp3) is 0.273. The monoisotopic (exact) mass is 344 g/mol. The van der Waals surface area contributed by atoms with Crippen LogP contribution in [0.1, 0.15) is 36.7 Å². The van der Waals surface area contributed by atoms with Crippen molar-refractivity contribution in [3.05, 3.63) is 65.5 Å². The summed E-state index contributed by atoms with van der Waals surface area (Å²) in [6.45, 7) is 5.13. The summed E-state index contributed by atoms with van der Waals surface area (Å²) in [5, 5.41) is 1.11. The minimum atomic E-state index is 0.513. The van der Waals surface area contributed by atoms with E-state index >= 15 is 0 Å². The van der Waals surface area contributed by atoms with Crippen molar-refractivity contribution in [2.45, 2.75) is 39.7 Å². The predicted octanol–water partition coefficient (Wildman–Crippen LogP) is 4.87. The predicted molar refractivity (Wildman–Crippen MR) is 108 cm³/mol. The van der Waals surface area contributed by atoms with Crippen LogP contribution in [0.25, 0.3) is 21.9 Å². The van der Waals surface area contributed by atoms with Gasteiger partial charge in [-0.1, -0.05) is 61.4 Å². The standard InChI is InChI=1S/C22H24N4/c1-3-4-12-19-25-20-21(17-10-5-6-11-18(17)24-22(20)23)26(19)14-16-9-7-8-15(2)13-16/h5-11,13H,3-4,12,14H2,1-2H3,(H2,23,24). The highest BCUT2D eigenvalue weighted by molar-refractivity contribution is 6.06. The summed E-state index contributed by atoms with van der Waals surface area (Å²) in [7, 11) is 0. The second-order valence-corrected chi connectivity index (χ2v) is 6.92. The van der Waals surface area contributed by atoms with Gasteiger partial charge in [0.2, 0.25) is 0 Å². The number of benzene rings is 2. The number of hydrogen-bond acceptors (Lipinski definition) is 3. The highest BCUT2D eigenvalue weighted by Crippen LogP contribution is 2.30. The summed E-state index contributed by atoms with van der Waals surface area (Å²) in [4.78, 5) is 9.46. The van der Waals surface area contributed by atoms with Crippen LogP contribution in [-0.2, 0) is 13.0 Å². The van der Waals surface area contributed by atoms with Crippen molar-refractivity contribution in [1.29, 1.82) is 0 Å². The van der Waals surface area contributed by atoms with Gasteiger partial charge >= 0.3 is 0 Å². The molecule has 2 heterocycles. The van der Waals surface area contributed by atoms with E-state index in [1.165, 1.54) is 11.1 Å². The summed E-state index contributed by atoms with van der Waals surface area (Å²) in [5.41, 5.74) is 11.7. The highest BCUT2D eigenvalue weighted by atomic mass is 15.1. The van der Waals surface area contributed by atoms with Crippen molar-refractivity contribution >= 4 is 27.8 Å². The zero-order valence-electron chi connectivity index (χ0n) is 15.4. The SMILES string of the molecule is CCCCc1nc2c(N)nc3ccccc3c2n1Cc1cccc(C)c1. The number of aryl methyl sites for hydroxylation is 2. The molecule has 4 rings (SSSR count). The number of hydrogen-bond donors (Lipinski definition) is 1. The maximum Gasteiger partial charge on any atom is 0.152 e. The molecule has 2 N–H and O–H groups in total. The van der Waals surface area contributed by atoms with Gasteiger partial charge in [0, 0.05) is 18.4 Å². The summed E-state index contributed by atoms with van der Waals surface area (Å²) >= 11 is 0. The Morgan fingerprint density at radius 2 is 1.88 bits per heavy atom. The molecule has 0 saturated carbocycles. The van der Waals surface area contributed by atoms with Gasteiger partial charge in [-0.3, -0.25) is 0 Å². The molecule has 0 amide bonds. The van der Waals surface area contributed by atoms with Gasteiger partial charge in [0.05, 0.1) is 11.0 Å². The van der Waals surface area contributed by atoms with E-state index in [0.717, 1.165) is 53.6 Å². The Morgan fingerprint density at radius 1 is 1.04 bits per heavy atom. The van der Waals surface area contributed by atoms with E-state index in [2.05, 4.69) is 59.8 Å². The molecule has 0 aliphatic carbocycles. The third kappa shape index (κ3) is 2.92. The van der Waals surface area contributed by atoms with Gasteiger partial charge in [-0.2, -0.15) is 0 Å². The summed E-state index contributed by atoms with van der Waals surface area (Å²) in [5.74, 6) is 1.60. The van der Waals surface area contributed by atoms with Crippen LogP contribution in [0.4, 0.5) is 5.82 Å². The quantitative estimate of drug-likeness (QED) is 0.562. The molecule has 0 unspecified atom stereocenters. The molecule has 0 atom stereocenters. The number of nitrogens with two attached hydrogens (primary N) is 1. The Hall–Kier alpha value is -2.88. The summed E-state index contributed by atoms with van der Waals surface area (Å²) in [6, 6.07) is 16.8. The largest absolute Gasteiger partial charge is 0.382 e. The van der Waals surface area contributed by atoms with Gasteiger partial charge in [0.15, 0.2) is 5.82 Å². The van der Waals surface area contributed by atoms with E-state index in [1.54, 1.807) is 0 Å². The minimum Gasteiger partial charge on any atom is -0.382 e. The van der Waals surface area contributed by atoms with E-state index in [4.69, 9.17) is 10.7 Å².